The van der Waals surface area contributed by atoms with E-state index in [1.165, 1.54) is 0 Å². The lowest BCUT2D eigenvalue weighted by Gasteiger charge is -2.28. The molecule has 0 unspecified atom stereocenters. The van der Waals surface area contributed by atoms with Gasteiger partial charge in [0.1, 0.15) is 0 Å². The molecule has 0 saturated heterocycles. The molecule has 0 saturated carbocycles. The van der Waals surface area contributed by atoms with E-state index in [1.54, 1.807) is 14.2 Å². The standard InChI is InChI=1S/C9H21O3Si/c1-8(2)7-9(3,4)12-13(10-5)11-6/h8H,7H2,1-6H3. The van der Waals surface area contributed by atoms with Gasteiger partial charge in [-0.05, 0) is 26.2 Å². The van der Waals surface area contributed by atoms with Crippen LogP contribution in [0.1, 0.15) is 34.1 Å². The molecule has 1 radical (unpaired) electrons. The predicted molar refractivity (Wildman–Crippen MR) is 54.4 cm³/mol. The Balaban J connectivity index is 3.98. The van der Waals surface area contributed by atoms with Crippen molar-refractivity contribution >= 4 is 9.53 Å². The van der Waals surface area contributed by atoms with E-state index in [-0.39, 0.29) is 5.60 Å². The molecule has 0 aromatic rings. The Kier molecular flexibility index (Phi) is 5.79. The van der Waals surface area contributed by atoms with Gasteiger partial charge in [-0.2, -0.15) is 0 Å². The Labute approximate surface area is 83.3 Å². The molecule has 79 valence electrons. The Hall–Kier alpha value is 0.0969. The minimum Gasteiger partial charge on any atom is -0.375 e. The van der Waals surface area contributed by atoms with Gasteiger partial charge in [0.25, 0.3) is 0 Å². The average Bonchev–Trinajstić information content (AvgIpc) is 1.97. The van der Waals surface area contributed by atoms with Crippen molar-refractivity contribution in [3.05, 3.63) is 0 Å². The lowest BCUT2D eigenvalue weighted by atomic mass is 9.97. The highest BCUT2D eigenvalue weighted by Crippen LogP contribution is 2.21. The van der Waals surface area contributed by atoms with Crippen LogP contribution in [0.25, 0.3) is 0 Å². The fourth-order valence-corrected chi connectivity index (χ4v) is 2.28. The van der Waals surface area contributed by atoms with Gasteiger partial charge in [-0.3, -0.25) is 0 Å². The van der Waals surface area contributed by atoms with Gasteiger partial charge < -0.3 is 13.3 Å². The van der Waals surface area contributed by atoms with E-state index in [4.69, 9.17) is 13.3 Å². The summed E-state index contributed by atoms with van der Waals surface area (Å²) < 4.78 is 15.9. The molecule has 0 rings (SSSR count). The van der Waals surface area contributed by atoms with Gasteiger partial charge >= 0.3 is 9.53 Å². The molecule has 0 heterocycles. The molecule has 0 atom stereocenters. The first-order valence-electron chi connectivity index (χ1n) is 4.55. The van der Waals surface area contributed by atoms with Crippen LogP contribution in [0.15, 0.2) is 0 Å². The van der Waals surface area contributed by atoms with Gasteiger partial charge in [-0.25, -0.2) is 0 Å². The Morgan fingerprint density at radius 1 is 1.15 bits per heavy atom. The highest BCUT2D eigenvalue weighted by Gasteiger charge is 2.28. The van der Waals surface area contributed by atoms with E-state index in [0.29, 0.717) is 5.92 Å². The topological polar surface area (TPSA) is 27.7 Å². The van der Waals surface area contributed by atoms with Crippen molar-refractivity contribution in [2.75, 3.05) is 14.2 Å². The Morgan fingerprint density at radius 2 is 1.62 bits per heavy atom. The van der Waals surface area contributed by atoms with Gasteiger partial charge in [0.15, 0.2) is 0 Å². The lowest BCUT2D eigenvalue weighted by molar-refractivity contribution is 0.0164. The fourth-order valence-electron chi connectivity index (χ4n) is 1.42. The summed E-state index contributed by atoms with van der Waals surface area (Å²) in [5.41, 5.74) is -0.158. The van der Waals surface area contributed by atoms with Gasteiger partial charge in [0, 0.05) is 14.2 Å². The van der Waals surface area contributed by atoms with Crippen LogP contribution >= 0.6 is 0 Å². The third-order valence-electron chi connectivity index (χ3n) is 1.59. The second kappa shape index (κ2) is 5.75. The van der Waals surface area contributed by atoms with Crippen molar-refractivity contribution in [3.63, 3.8) is 0 Å². The average molecular weight is 205 g/mol. The zero-order chi connectivity index (χ0) is 10.5. The molecule has 0 N–H and O–H groups in total. The zero-order valence-corrected chi connectivity index (χ0v) is 10.5. The van der Waals surface area contributed by atoms with E-state index >= 15 is 0 Å². The first kappa shape index (κ1) is 13.1. The van der Waals surface area contributed by atoms with E-state index in [0.717, 1.165) is 6.42 Å². The van der Waals surface area contributed by atoms with Gasteiger partial charge in [-0.1, -0.05) is 13.8 Å². The molecule has 0 bridgehead atoms. The fraction of sp³-hybridized carbons (Fsp3) is 1.00. The van der Waals surface area contributed by atoms with E-state index in [9.17, 15) is 0 Å². The van der Waals surface area contributed by atoms with Crippen LogP contribution in [-0.4, -0.2) is 29.3 Å². The first-order valence-corrected chi connectivity index (χ1v) is 5.77. The van der Waals surface area contributed by atoms with E-state index < -0.39 is 9.53 Å². The second-order valence-electron chi connectivity index (χ2n) is 4.12. The predicted octanol–water partition coefficient (Wildman–Crippen LogP) is 2.11. The van der Waals surface area contributed by atoms with Crippen molar-refractivity contribution in [1.29, 1.82) is 0 Å². The maximum absolute atomic E-state index is 5.70. The summed E-state index contributed by atoms with van der Waals surface area (Å²) >= 11 is 0. The van der Waals surface area contributed by atoms with E-state index in [1.807, 2.05) is 0 Å². The molecule has 0 amide bonds. The zero-order valence-electron chi connectivity index (χ0n) is 9.51. The van der Waals surface area contributed by atoms with Crippen molar-refractivity contribution in [2.45, 2.75) is 39.7 Å². The van der Waals surface area contributed by atoms with Crippen molar-refractivity contribution in [1.82, 2.24) is 0 Å². The molecule has 13 heavy (non-hydrogen) atoms. The summed E-state index contributed by atoms with van der Waals surface area (Å²) in [6, 6.07) is 0. The highest BCUT2D eigenvalue weighted by molar-refractivity contribution is 6.36. The smallest absolute Gasteiger partial charge is 0.375 e. The summed E-state index contributed by atoms with van der Waals surface area (Å²) in [5.74, 6) is 0.618. The maximum Gasteiger partial charge on any atom is 0.577 e. The van der Waals surface area contributed by atoms with Crippen LogP contribution in [-0.2, 0) is 13.3 Å². The minimum atomic E-state index is -1.53. The summed E-state index contributed by atoms with van der Waals surface area (Å²) in [6.45, 7) is 8.49. The SMILES string of the molecule is CO[Si](OC)OC(C)(C)CC(C)C. The molecule has 4 heteroatoms. The first-order chi connectivity index (χ1) is 5.91. The number of hydrogen-bond donors (Lipinski definition) is 0. The van der Waals surface area contributed by atoms with Crippen LogP contribution in [0, 0.1) is 5.92 Å². The van der Waals surface area contributed by atoms with Crippen LogP contribution in [0.4, 0.5) is 0 Å². The molecule has 0 aliphatic carbocycles. The molecule has 0 aromatic carbocycles. The lowest BCUT2D eigenvalue weighted by Crippen LogP contribution is -2.37. The number of hydrogen-bond acceptors (Lipinski definition) is 3. The van der Waals surface area contributed by atoms with Crippen LogP contribution in [0.5, 0.6) is 0 Å². The number of rotatable bonds is 6. The maximum atomic E-state index is 5.70. The summed E-state index contributed by atoms with van der Waals surface area (Å²) in [4.78, 5) is 0. The van der Waals surface area contributed by atoms with Crippen LogP contribution in [0.3, 0.4) is 0 Å². The normalized spacial score (nSPS) is 12.9. The van der Waals surface area contributed by atoms with Crippen molar-refractivity contribution in [3.8, 4) is 0 Å². The third-order valence-corrected chi connectivity index (χ3v) is 2.98. The van der Waals surface area contributed by atoms with Crippen molar-refractivity contribution < 1.29 is 13.3 Å². The molecular weight excluding hydrogens is 184 g/mol. The third kappa shape index (κ3) is 6.21. The molecule has 0 fully saturated rings. The monoisotopic (exact) mass is 205 g/mol. The van der Waals surface area contributed by atoms with Gasteiger partial charge in [0.2, 0.25) is 0 Å². The summed E-state index contributed by atoms with van der Waals surface area (Å²) in [5, 5.41) is 0. The molecule has 3 nitrogen and oxygen atoms in total. The molecule has 0 aliphatic heterocycles. The Bertz CT molecular complexity index is 133. The molecular formula is C9H21O3Si. The highest BCUT2D eigenvalue weighted by atomic mass is 28.3. The largest absolute Gasteiger partial charge is 0.577 e. The summed E-state index contributed by atoms with van der Waals surface area (Å²) in [6.07, 6.45) is 1.01. The molecule has 0 spiro atoms. The second-order valence-corrected chi connectivity index (χ2v) is 5.64. The van der Waals surface area contributed by atoms with Crippen LogP contribution < -0.4 is 0 Å². The molecule has 0 aromatic heterocycles. The Morgan fingerprint density at radius 3 is 1.92 bits per heavy atom. The molecule has 0 aliphatic rings. The van der Waals surface area contributed by atoms with Crippen LogP contribution in [0.2, 0.25) is 0 Å². The van der Waals surface area contributed by atoms with Gasteiger partial charge in [0.05, 0.1) is 5.60 Å². The van der Waals surface area contributed by atoms with E-state index in [2.05, 4.69) is 27.7 Å². The van der Waals surface area contributed by atoms with Crippen molar-refractivity contribution in [2.24, 2.45) is 5.92 Å². The minimum absolute atomic E-state index is 0.158. The quantitative estimate of drug-likeness (QED) is 0.622. The van der Waals surface area contributed by atoms with Gasteiger partial charge in [-0.15, -0.1) is 0 Å². The summed E-state index contributed by atoms with van der Waals surface area (Å²) in [7, 11) is 1.70.